The minimum atomic E-state index is -0.606. The van der Waals surface area contributed by atoms with Crippen molar-refractivity contribution in [1.29, 1.82) is 0 Å². The van der Waals surface area contributed by atoms with Gasteiger partial charge in [-0.25, -0.2) is 4.79 Å². The summed E-state index contributed by atoms with van der Waals surface area (Å²) >= 11 is 0. The van der Waals surface area contributed by atoms with Crippen LogP contribution in [-0.4, -0.2) is 22.3 Å². The number of hydrogen-bond donors (Lipinski definition) is 2. The second kappa shape index (κ2) is 5.93. The lowest BCUT2D eigenvalue weighted by Crippen LogP contribution is -2.44. The third kappa shape index (κ3) is 2.21. The highest BCUT2D eigenvalue weighted by Crippen LogP contribution is 2.77. The Morgan fingerprint density at radius 3 is 2.63 bits per heavy atom. The third-order valence-corrected chi connectivity index (χ3v) is 8.05. The van der Waals surface area contributed by atoms with Gasteiger partial charge in [0.25, 0.3) is 0 Å². The largest absolute Gasteiger partial charge is 0.423 e. The molecule has 4 heteroatoms. The highest BCUT2D eigenvalue weighted by Gasteiger charge is 2.74. The first-order valence-corrected chi connectivity index (χ1v) is 10.6. The number of benzene rings is 3. The lowest BCUT2D eigenvalue weighted by atomic mass is 9.60. The van der Waals surface area contributed by atoms with Gasteiger partial charge in [0.2, 0.25) is 0 Å². The monoisotopic (exact) mass is 400 g/mol. The van der Waals surface area contributed by atoms with Gasteiger partial charge in [-0.1, -0.05) is 43.3 Å². The Balaban J connectivity index is 1.41. The molecule has 152 valence electrons. The molecule has 3 aliphatic rings. The fourth-order valence-electron chi connectivity index (χ4n) is 6.48. The lowest BCUT2D eigenvalue weighted by molar-refractivity contribution is -0.0191. The maximum Gasteiger partial charge on any atom is 0.343 e. The van der Waals surface area contributed by atoms with Crippen LogP contribution in [0, 0.1) is 11.3 Å². The van der Waals surface area contributed by atoms with Crippen molar-refractivity contribution in [3.8, 4) is 5.75 Å². The van der Waals surface area contributed by atoms with Gasteiger partial charge in [-0.05, 0) is 71.3 Å². The molecule has 30 heavy (non-hydrogen) atoms. The Hall–Kier alpha value is -2.69. The zero-order chi connectivity index (χ0) is 20.7. The van der Waals surface area contributed by atoms with Crippen LogP contribution < -0.4 is 4.74 Å². The molecule has 0 saturated heterocycles. The molecule has 2 fully saturated rings. The Bertz CT molecular complexity index is 1190. The Morgan fingerprint density at radius 2 is 1.83 bits per heavy atom. The van der Waals surface area contributed by atoms with Crippen molar-refractivity contribution >= 4 is 16.7 Å². The van der Waals surface area contributed by atoms with E-state index in [-0.39, 0.29) is 22.9 Å². The SMILES string of the molecule is C[C@]12CC(O)c3c(ccc4cc(OC(=O)c5ccccc5)ccc34)[C@@]13C[C@H]3C[C@@H]2O. The number of hydrogen-bond acceptors (Lipinski definition) is 4. The Morgan fingerprint density at radius 1 is 1.03 bits per heavy atom. The summed E-state index contributed by atoms with van der Waals surface area (Å²) in [4.78, 5) is 12.4. The molecular formula is C26H24O4. The molecule has 6 rings (SSSR count). The van der Waals surface area contributed by atoms with Crippen molar-refractivity contribution in [1.82, 2.24) is 0 Å². The topological polar surface area (TPSA) is 66.8 Å². The standard InChI is InChI=1S/C26H24O4/c1-25-14-21(27)23-19-9-8-18(30-24(29)15-5-3-2-4-6-15)11-16(19)7-10-20(23)26(25)13-17(26)12-22(25)28/h2-11,17,21-22,27-28H,12-14H2,1H3/t17-,21?,22+,25-,26+/m1/s1. The van der Waals surface area contributed by atoms with Crippen LogP contribution in [0.1, 0.15) is 53.8 Å². The summed E-state index contributed by atoms with van der Waals surface area (Å²) in [6.45, 7) is 2.15. The molecule has 2 saturated carbocycles. The number of esters is 1. The molecule has 0 amide bonds. The summed E-state index contributed by atoms with van der Waals surface area (Å²) in [6, 6.07) is 18.7. The normalized spacial score (nSPS) is 33.5. The van der Waals surface area contributed by atoms with Gasteiger partial charge in [-0.2, -0.15) is 0 Å². The molecule has 0 heterocycles. The van der Waals surface area contributed by atoms with E-state index in [0.717, 1.165) is 29.2 Å². The molecular weight excluding hydrogens is 376 g/mol. The minimum absolute atomic E-state index is 0.00633. The molecule has 3 aliphatic carbocycles. The summed E-state index contributed by atoms with van der Waals surface area (Å²) in [5, 5.41) is 23.7. The van der Waals surface area contributed by atoms with E-state index in [1.165, 1.54) is 5.56 Å². The quantitative estimate of drug-likeness (QED) is 0.490. The maximum absolute atomic E-state index is 12.4. The summed E-state index contributed by atoms with van der Waals surface area (Å²) in [6.07, 6.45) is 1.55. The van der Waals surface area contributed by atoms with Crippen molar-refractivity contribution in [2.45, 2.75) is 43.8 Å². The van der Waals surface area contributed by atoms with E-state index in [0.29, 0.717) is 23.7 Å². The van der Waals surface area contributed by atoms with Crippen molar-refractivity contribution < 1.29 is 19.7 Å². The van der Waals surface area contributed by atoms with Crippen LogP contribution in [0.4, 0.5) is 0 Å². The van der Waals surface area contributed by atoms with Gasteiger partial charge >= 0.3 is 5.97 Å². The summed E-state index contributed by atoms with van der Waals surface area (Å²) in [7, 11) is 0. The van der Waals surface area contributed by atoms with E-state index >= 15 is 0 Å². The number of fused-ring (bicyclic) bond motifs is 3. The van der Waals surface area contributed by atoms with E-state index in [1.807, 2.05) is 30.3 Å². The number of rotatable bonds is 2. The first kappa shape index (κ1) is 18.1. The number of aliphatic hydroxyl groups is 2. The number of carbonyl (C=O) groups excluding carboxylic acids is 1. The predicted octanol–water partition coefficient (Wildman–Crippen LogP) is 4.52. The molecule has 3 aromatic carbocycles. The van der Waals surface area contributed by atoms with Gasteiger partial charge in [0, 0.05) is 10.8 Å². The van der Waals surface area contributed by atoms with Crippen LogP contribution in [0.5, 0.6) is 5.75 Å². The highest BCUT2D eigenvalue weighted by atomic mass is 16.5. The molecule has 0 aromatic heterocycles. The number of ether oxygens (including phenoxy) is 1. The molecule has 2 N–H and O–H groups in total. The van der Waals surface area contributed by atoms with Gasteiger partial charge in [0.15, 0.2) is 0 Å². The van der Waals surface area contributed by atoms with E-state index in [2.05, 4.69) is 19.1 Å². The average Bonchev–Trinajstić information content (AvgIpc) is 3.42. The van der Waals surface area contributed by atoms with E-state index in [4.69, 9.17) is 4.74 Å². The Kier molecular flexibility index (Phi) is 3.58. The van der Waals surface area contributed by atoms with Gasteiger partial charge in [-0.3, -0.25) is 0 Å². The maximum atomic E-state index is 12.4. The van der Waals surface area contributed by atoms with E-state index in [1.54, 1.807) is 18.2 Å². The average molecular weight is 400 g/mol. The van der Waals surface area contributed by atoms with Crippen LogP contribution >= 0.6 is 0 Å². The van der Waals surface area contributed by atoms with Crippen LogP contribution in [-0.2, 0) is 5.41 Å². The fourth-order valence-corrected chi connectivity index (χ4v) is 6.48. The van der Waals surface area contributed by atoms with E-state index < -0.39 is 6.10 Å². The van der Waals surface area contributed by atoms with Crippen molar-refractivity contribution in [2.24, 2.45) is 11.3 Å². The van der Waals surface area contributed by atoms with Crippen LogP contribution in [0.15, 0.2) is 60.7 Å². The van der Waals surface area contributed by atoms with Crippen LogP contribution in [0.2, 0.25) is 0 Å². The predicted molar refractivity (Wildman–Crippen MR) is 113 cm³/mol. The fraction of sp³-hybridized carbons (Fsp3) is 0.346. The summed E-state index contributed by atoms with van der Waals surface area (Å²) in [5.41, 5.74) is 2.43. The molecule has 0 aliphatic heterocycles. The molecule has 1 unspecified atom stereocenters. The van der Waals surface area contributed by atoms with Gasteiger partial charge in [-0.15, -0.1) is 0 Å². The first-order valence-electron chi connectivity index (χ1n) is 10.6. The molecule has 5 atom stereocenters. The zero-order valence-corrected chi connectivity index (χ0v) is 16.8. The van der Waals surface area contributed by atoms with Crippen molar-refractivity contribution in [2.75, 3.05) is 0 Å². The number of carbonyl (C=O) groups is 1. The van der Waals surface area contributed by atoms with Crippen LogP contribution in [0.3, 0.4) is 0 Å². The summed E-state index contributed by atoms with van der Waals surface area (Å²) in [5.74, 6) is 0.612. The zero-order valence-electron chi connectivity index (χ0n) is 16.8. The lowest BCUT2D eigenvalue weighted by Gasteiger charge is -2.45. The molecule has 3 aromatic rings. The molecule has 0 bridgehead atoms. The number of aliphatic hydroxyl groups excluding tert-OH is 2. The Labute approximate surface area is 175 Å². The van der Waals surface area contributed by atoms with Gasteiger partial charge < -0.3 is 14.9 Å². The molecule has 0 radical (unpaired) electrons. The summed E-state index contributed by atoms with van der Waals surface area (Å²) < 4.78 is 5.57. The first-order chi connectivity index (χ1) is 14.4. The van der Waals surface area contributed by atoms with Crippen molar-refractivity contribution in [3.05, 3.63) is 77.4 Å². The van der Waals surface area contributed by atoms with Gasteiger partial charge in [0.05, 0.1) is 17.8 Å². The molecule has 1 spiro atoms. The van der Waals surface area contributed by atoms with Crippen molar-refractivity contribution in [3.63, 3.8) is 0 Å². The minimum Gasteiger partial charge on any atom is -0.423 e. The van der Waals surface area contributed by atoms with Gasteiger partial charge in [0.1, 0.15) is 5.75 Å². The third-order valence-electron chi connectivity index (χ3n) is 8.05. The second-order valence-electron chi connectivity index (χ2n) is 9.43. The second-order valence-corrected chi connectivity index (χ2v) is 9.43. The van der Waals surface area contributed by atoms with E-state index in [9.17, 15) is 15.0 Å². The molecule has 4 nitrogen and oxygen atoms in total. The highest BCUT2D eigenvalue weighted by molar-refractivity contribution is 5.93. The smallest absolute Gasteiger partial charge is 0.343 e. The van der Waals surface area contributed by atoms with Crippen LogP contribution in [0.25, 0.3) is 10.8 Å².